The molecule has 0 aromatic heterocycles. The first kappa shape index (κ1) is 27.6. The van der Waals surface area contributed by atoms with Gasteiger partial charge in [-0.1, -0.05) is 44.2 Å². The van der Waals surface area contributed by atoms with Crippen molar-refractivity contribution in [2.24, 2.45) is 22.7 Å². The highest BCUT2D eigenvalue weighted by Gasteiger charge is 2.60. The predicted molar refractivity (Wildman–Crippen MR) is 142 cm³/mol. The van der Waals surface area contributed by atoms with Crippen molar-refractivity contribution in [3.8, 4) is 17.2 Å². The molecular weight excluding hydrogens is 484 g/mol. The molecule has 2 unspecified atom stereocenters. The topological polar surface area (TPSA) is 118 Å². The molecule has 0 saturated heterocycles. The van der Waals surface area contributed by atoms with E-state index >= 15 is 0 Å². The highest BCUT2D eigenvalue weighted by atomic mass is 16.5. The van der Waals surface area contributed by atoms with E-state index in [0.29, 0.717) is 6.42 Å². The van der Waals surface area contributed by atoms with Crippen LogP contribution in [0.4, 0.5) is 0 Å². The Bertz CT molecular complexity index is 1300. The first-order valence-electron chi connectivity index (χ1n) is 13.1. The zero-order valence-electron chi connectivity index (χ0n) is 23.0. The van der Waals surface area contributed by atoms with Crippen molar-refractivity contribution in [3.05, 3.63) is 52.6 Å². The van der Waals surface area contributed by atoms with Crippen LogP contribution in [0.15, 0.2) is 30.3 Å². The standard InChI is InChI=1S/C31H36O7/c1-15(2)13-18(22-27(35)30(4,5)29(37)31(6,7)28(22)36)21-24(33)16(3)25(34)23-19(32)14-20(38-26(21)23)17-11-9-8-10-12-17/h8-12,15,18,20,22,33-34H,13-14H2,1-7H3. The molecule has 38 heavy (non-hydrogen) atoms. The summed E-state index contributed by atoms with van der Waals surface area (Å²) in [5.41, 5.74) is -1.90. The van der Waals surface area contributed by atoms with Crippen LogP contribution in [0.25, 0.3) is 0 Å². The minimum absolute atomic E-state index is 0.00512. The summed E-state index contributed by atoms with van der Waals surface area (Å²) in [6.07, 6.45) is -0.387. The van der Waals surface area contributed by atoms with Gasteiger partial charge in [0.15, 0.2) is 23.1 Å². The zero-order chi connectivity index (χ0) is 28.3. The number of ether oxygens (including phenoxy) is 1. The minimum Gasteiger partial charge on any atom is -0.507 e. The van der Waals surface area contributed by atoms with Crippen LogP contribution in [0, 0.1) is 29.6 Å². The third-order valence-electron chi connectivity index (χ3n) is 8.19. The molecule has 0 bridgehead atoms. The number of rotatable bonds is 5. The number of carbonyl (C=O) groups excluding carboxylic acids is 4. The molecule has 2 aromatic carbocycles. The van der Waals surface area contributed by atoms with Gasteiger partial charge >= 0.3 is 0 Å². The third kappa shape index (κ3) is 4.12. The first-order chi connectivity index (χ1) is 17.6. The first-order valence-corrected chi connectivity index (χ1v) is 13.1. The van der Waals surface area contributed by atoms with Crippen LogP contribution in [-0.2, 0) is 14.4 Å². The minimum atomic E-state index is -1.41. The number of aromatic hydroxyl groups is 2. The summed E-state index contributed by atoms with van der Waals surface area (Å²) < 4.78 is 6.35. The summed E-state index contributed by atoms with van der Waals surface area (Å²) in [6, 6.07) is 9.15. The Morgan fingerprint density at radius 1 is 0.921 bits per heavy atom. The van der Waals surface area contributed by atoms with Crippen LogP contribution >= 0.6 is 0 Å². The quantitative estimate of drug-likeness (QED) is 0.490. The molecular formula is C31H36O7. The maximum Gasteiger partial charge on any atom is 0.174 e. The molecule has 2 aliphatic rings. The van der Waals surface area contributed by atoms with Gasteiger partial charge in [0.05, 0.1) is 23.2 Å². The molecule has 4 rings (SSSR count). The maximum atomic E-state index is 13.9. The highest BCUT2D eigenvalue weighted by Crippen LogP contribution is 2.55. The van der Waals surface area contributed by atoms with Crippen molar-refractivity contribution in [1.82, 2.24) is 0 Å². The molecule has 1 aliphatic carbocycles. The Morgan fingerprint density at radius 2 is 1.47 bits per heavy atom. The van der Waals surface area contributed by atoms with E-state index < -0.39 is 46.1 Å². The van der Waals surface area contributed by atoms with Crippen molar-refractivity contribution in [3.63, 3.8) is 0 Å². The Balaban J connectivity index is 1.99. The van der Waals surface area contributed by atoms with Gasteiger partial charge in [-0.25, -0.2) is 0 Å². The van der Waals surface area contributed by atoms with Gasteiger partial charge in [-0.15, -0.1) is 0 Å². The molecule has 0 radical (unpaired) electrons. The summed E-state index contributed by atoms with van der Waals surface area (Å²) in [5, 5.41) is 22.4. The molecule has 0 spiro atoms. The van der Waals surface area contributed by atoms with E-state index in [-0.39, 0.29) is 52.1 Å². The van der Waals surface area contributed by atoms with Crippen molar-refractivity contribution in [1.29, 1.82) is 0 Å². The average Bonchev–Trinajstić information content (AvgIpc) is 2.85. The number of phenols is 2. The monoisotopic (exact) mass is 520 g/mol. The summed E-state index contributed by atoms with van der Waals surface area (Å²) in [6.45, 7) is 11.5. The van der Waals surface area contributed by atoms with E-state index in [1.54, 1.807) is 0 Å². The number of ketones is 4. The SMILES string of the molecule is Cc1c(O)c2c(c(C(CC(C)C)C3C(=O)C(C)(C)C(=O)C(C)(C)C3=O)c1O)OC(c1ccccc1)CC2=O. The Hall–Kier alpha value is -3.48. The van der Waals surface area contributed by atoms with Crippen LogP contribution in [0.3, 0.4) is 0 Å². The molecule has 2 N–H and O–H groups in total. The van der Waals surface area contributed by atoms with Gasteiger partial charge in [-0.05, 0) is 52.5 Å². The largest absolute Gasteiger partial charge is 0.507 e. The fourth-order valence-corrected chi connectivity index (χ4v) is 6.08. The molecule has 7 heteroatoms. The number of benzene rings is 2. The summed E-state index contributed by atoms with van der Waals surface area (Å²) in [7, 11) is 0. The van der Waals surface area contributed by atoms with E-state index in [2.05, 4.69) is 0 Å². The average molecular weight is 521 g/mol. The molecule has 2 aromatic rings. The van der Waals surface area contributed by atoms with Crippen LogP contribution in [-0.4, -0.2) is 33.3 Å². The van der Waals surface area contributed by atoms with E-state index in [4.69, 9.17) is 4.74 Å². The number of hydrogen-bond acceptors (Lipinski definition) is 7. The normalized spacial score (nSPS) is 21.8. The second kappa shape index (κ2) is 9.37. The van der Waals surface area contributed by atoms with Crippen molar-refractivity contribution in [2.75, 3.05) is 0 Å². The van der Waals surface area contributed by atoms with Gasteiger partial charge in [-0.2, -0.15) is 0 Å². The summed E-state index contributed by atoms with van der Waals surface area (Å²) in [4.78, 5) is 54.3. The summed E-state index contributed by atoms with van der Waals surface area (Å²) >= 11 is 0. The molecule has 7 nitrogen and oxygen atoms in total. The fourth-order valence-electron chi connectivity index (χ4n) is 6.08. The number of hydrogen-bond donors (Lipinski definition) is 2. The van der Waals surface area contributed by atoms with Gasteiger partial charge in [0.2, 0.25) is 0 Å². The summed E-state index contributed by atoms with van der Waals surface area (Å²) in [5.74, 6) is -4.67. The highest BCUT2D eigenvalue weighted by molar-refractivity contribution is 6.28. The predicted octanol–water partition coefficient (Wildman–Crippen LogP) is 5.63. The van der Waals surface area contributed by atoms with Gasteiger partial charge in [0.25, 0.3) is 0 Å². The molecule has 1 fully saturated rings. The molecule has 1 heterocycles. The van der Waals surface area contributed by atoms with E-state index in [9.17, 15) is 29.4 Å². The van der Waals surface area contributed by atoms with Crippen LogP contribution in [0.5, 0.6) is 17.2 Å². The van der Waals surface area contributed by atoms with Gasteiger partial charge in [0, 0.05) is 17.0 Å². The number of fused-ring (bicyclic) bond motifs is 1. The van der Waals surface area contributed by atoms with Gasteiger partial charge in [-0.3, -0.25) is 19.2 Å². The van der Waals surface area contributed by atoms with E-state index in [0.717, 1.165) is 5.56 Å². The smallest absolute Gasteiger partial charge is 0.174 e. The third-order valence-corrected chi connectivity index (χ3v) is 8.19. The lowest BCUT2D eigenvalue weighted by atomic mass is 9.55. The number of phenolic OH excluding ortho intramolecular Hbond substituents is 2. The Labute approximate surface area is 223 Å². The van der Waals surface area contributed by atoms with Crippen LogP contribution in [0.1, 0.15) is 93.5 Å². The van der Waals surface area contributed by atoms with E-state index in [1.807, 2.05) is 44.2 Å². The van der Waals surface area contributed by atoms with Gasteiger partial charge in [0.1, 0.15) is 28.9 Å². The molecule has 2 atom stereocenters. The van der Waals surface area contributed by atoms with E-state index in [1.165, 1.54) is 34.6 Å². The Morgan fingerprint density at radius 3 is 2.00 bits per heavy atom. The number of carbonyl (C=O) groups is 4. The molecule has 1 saturated carbocycles. The lowest BCUT2D eigenvalue weighted by Gasteiger charge is -2.44. The second-order valence-electron chi connectivity index (χ2n) is 12.1. The van der Waals surface area contributed by atoms with Gasteiger partial charge < -0.3 is 14.9 Å². The Kier molecular flexibility index (Phi) is 6.79. The van der Waals surface area contributed by atoms with Crippen molar-refractivity contribution in [2.45, 2.75) is 73.3 Å². The lowest BCUT2D eigenvalue weighted by Crippen LogP contribution is -2.58. The van der Waals surface area contributed by atoms with Crippen molar-refractivity contribution >= 4 is 23.1 Å². The number of Topliss-reactive ketones (excluding diaryl/α,β-unsaturated/α-hetero) is 4. The fraction of sp³-hybridized carbons (Fsp3) is 0.484. The van der Waals surface area contributed by atoms with Crippen molar-refractivity contribution < 1.29 is 34.1 Å². The maximum absolute atomic E-state index is 13.9. The lowest BCUT2D eigenvalue weighted by molar-refractivity contribution is -0.161. The zero-order valence-corrected chi connectivity index (χ0v) is 23.0. The molecule has 0 amide bonds. The second-order valence-corrected chi connectivity index (χ2v) is 12.1. The molecule has 202 valence electrons. The van der Waals surface area contributed by atoms with Crippen LogP contribution < -0.4 is 4.74 Å². The van der Waals surface area contributed by atoms with Crippen LogP contribution in [0.2, 0.25) is 0 Å². The molecule has 1 aliphatic heterocycles.